The summed E-state index contributed by atoms with van der Waals surface area (Å²) in [4.78, 5) is 11.7. The number of carbonyl (C=O) groups excluding carboxylic acids is 1. The number of hydrogen-bond donors (Lipinski definition) is 1. The van der Waals surface area contributed by atoms with Crippen LogP contribution in [0.5, 0.6) is 0 Å². The van der Waals surface area contributed by atoms with Gasteiger partial charge in [0.15, 0.2) is 0 Å². The van der Waals surface area contributed by atoms with Crippen LogP contribution in [0.3, 0.4) is 0 Å². The maximum absolute atomic E-state index is 11.7. The molecule has 0 aliphatic carbocycles. The fourth-order valence-corrected chi connectivity index (χ4v) is 2.75. The van der Waals surface area contributed by atoms with E-state index in [9.17, 15) is 4.79 Å². The quantitative estimate of drug-likeness (QED) is 0.836. The Morgan fingerprint density at radius 3 is 2.23 bits per heavy atom. The van der Waals surface area contributed by atoms with Gasteiger partial charge in [-0.3, -0.25) is 0 Å². The van der Waals surface area contributed by atoms with Crippen LogP contribution in [-0.4, -0.2) is 36.6 Å². The molecule has 0 saturated carbocycles. The van der Waals surface area contributed by atoms with E-state index in [1.54, 1.807) is 0 Å². The molecule has 0 aromatic heterocycles. The number of hydrogen-bond acceptors (Lipinski definition) is 4. The molecule has 0 bridgehead atoms. The molecule has 1 fully saturated rings. The van der Waals surface area contributed by atoms with Gasteiger partial charge in [-0.2, -0.15) is 0 Å². The van der Waals surface area contributed by atoms with Crippen LogP contribution >= 0.6 is 0 Å². The first-order chi connectivity index (χ1) is 11.8. The number of aryl methyl sites for hydroxylation is 1. The van der Waals surface area contributed by atoms with Crippen molar-refractivity contribution in [3.05, 3.63) is 29.3 Å². The zero-order chi connectivity index (χ0) is 19.8. The smallest absolute Gasteiger partial charge is 0.444 e. The van der Waals surface area contributed by atoms with Crippen molar-refractivity contribution in [2.75, 3.05) is 6.54 Å². The summed E-state index contributed by atoms with van der Waals surface area (Å²) in [7, 11) is -0.353. The molecule has 1 aromatic rings. The number of amides is 1. The van der Waals surface area contributed by atoms with Gasteiger partial charge >= 0.3 is 13.2 Å². The molecule has 0 radical (unpaired) electrons. The van der Waals surface area contributed by atoms with Gasteiger partial charge < -0.3 is 19.4 Å². The molecule has 1 amide bonds. The molecule has 0 spiro atoms. The lowest BCUT2D eigenvalue weighted by Gasteiger charge is -2.32. The largest absolute Gasteiger partial charge is 0.495 e. The second-order valence-corrected chi connectivity index (χ2v) is 8.96. The molecule has 1 N–H and O–H groups in total. The summed E-state index contributed by atoms with van der Waals surface area (Å²) in [5.74, 6) is 0. The highest BCUT2D eigenvalue weighted by molar-refractivity contribution is 6.62. The van der Waals surface area contributed by atoms with E-state index >= 15 is 0 Å². The maximum atomic E-state index is 11.7. The molecule has 26 heavy (non-hydrogen) atoms. The molecule has 2 rings (SSSR count). The molecular formula is C20H32BNO4. The predicted molar refractivity (Wildman–Crippen MR) is 105 cm³/mol. The number of alkyl carbamates (subject to hydrolysis) is 1. The highest BCUT2D eigenvalue weighted by atomic mass is 16.7. The zero-order valence-electron chi connectivity index (χ0n) is 17.4. The van der Waals surface area contributed by atoms with Gasteiger partial charge in [0.25, 0.3) is 0 Å². The molecule has 0 atom stereocenters. The zero-order valence-corrected chi connectivity index (χ0v) is 17.4. The number of rotatable bonds is 4. The topological polar surface area (TPSA) is 56.8 Å². The Balaban J connectivity index is 1.95. The third-order valence-electron chi connectivity index (χ3n) is 4.92. The van der Waals surface area contributed by atoms with Crippen LogP contribution in [0.2, 0.25) is 0 Å². The third kappa shape index (κ3) is 5.01. The lowest BCUT2D eigenvalue weighted by molar-refractivity contribution is 0.00578. The Kier molecular flexibility index (Phi) is 5.79. The van der Waals surface area contributed by atoms with E-state index in [4.69, 9.17) is 14.0 Å². The molecule has 0 unspecified atom stereocenters. The third-order valence-corrected chi connectivity index (χ3v) is 4.92. The molecule has 144 valence electrons. The fraction of sp³-hybridized carbons (Fsp3) is 0.650. The number of benzene rings is 1. The van der Waals surface area contributed by atoms with Crippen molar-refractivity contribution in [2.45, 2.75) is 78.6 Å². The Bertz CT molecular complexity index is 648. The van der Waals surface area contributed by atoms with Gasteiger partial charge in [0, 0.05) is 6.54 Å². The monoisotopic (exact) mass is 361 g/mol. The average molecular weight is 361 g/mol. The normalized spacial score (nSPS) is 18.7. The Morgan fingerprint density at radius 2 is 1.73 bits per heavy atom. The summed E-state index contributed by atoms with van der Waals surface area (Å²) in [6, 6.07) is 6.24. The van der Waals surface area contributed by atoms with E-state index in [0.29, 0.717) is 6.54 Å². The number of carbonyl (C=O) groups is 1. The van der Waals surface area contributed by atoms with Crippen molar-refractivity contribution >= 4 is 18.7 Å². The molecule has 1 heterocycles. The minimum absolute atomic E-state index is 0.347. The first-order valence-electron chi connectivity index (χ1n) is 9.23. The summed E-state index contributed by atoms with van der Waals surface area (Å²) in [6.07, 6.45) is 0.354. The first kappa shape index (κ1) is 20.8. The highest BCUT2D eigenvalue weighted by Gasteiger charge is 2.51. The second-order valence-electron chi connectivity index (χ2n) is 8.96. The molecule has 1 aliphatic heterocycles. The summed E-state index contributed by atoms with van der Waals surface area (Å²) >= 11 is 0. The van der Waals surface area contributed by atoms with E-state index < -0.39 is 5.60 Å². The van der Waals surface area contributed by atoms with E-state index in [-0.39, 0.29) is 24.4 Å². The Morgan fingerprint density at radius 1 is 1.15 bits per heavy atom. The van der Waals surface area contributed by atoms with Gasteiger partial charge in [0.1, 0.15) is 5.60 Å². The van der Waals surface area contributed by atoms with E-state index in [2.05, 4.69) is 58.1 Å². The molecular weight excluding hydrogens is 329 g/mol. The van der Waals surface area contributed by atoms with Crippen molar-refractivity contribution in [3.8, 4) is 0 Å². The SMILES string of the molecule is Cc1cc(CCNC(=O)OC(C)(C)C)ccc1B1OC(C)(C)C(C)(C)O1. The molecule has 1 aliphatic rings. The fourth-order valence-electron chi connectivity index (χ4n) is 2.75. The minimum Gasteiger partial charge on any atom is -0.444 e. The molecule has 1 aromatic carbocycles. The van der Waals surface area contributed by atoms with Crippen LogP contribution in [-0.2, 0) is 20.5 Å². The van der Waals surface area contributed by atoms with Gasteiger partial charge in [0.05, 0.1) is 11.2 Å². The van der Waals surface area contributed by atoms with Gasteiger partial charge in [-0.25, -0.2) is 4.79 Å². The van der Waals surface area contributed by atoms with Crippen molar-refractivity contribution < 1.29 is 18.8 Å². The summed E-state index contributed by atoms with van der Waals surface area (Å²) in [5.41, 5.74) is 2.15. The van der Waals surface area contributed by atoms with Crippen molar-refractivity contribution in [3.63, 3.8) is 0 Å². The van der Waals surface area contributed by atoms with Crippen LogP contribution in [0.4, 0.5) is 4.79 Å². The number of ether oxygens (including phenoxy) is 1. The van der Waals surface area contributed by atoms with Crippen LogP contribution in [0, 0.1) is 6.92 Å². The van der Waals surface area contributed by atoms with Crippen LogP contribution in [0.15, 0.2) is 18.2 Å². The van der Waals surface area contributed by atoms with Crippen molar-refractivity contribution in [2.24, 2.45) is 0 Å². The van der Waals surface area contributed by atoms with E-state index in [1.807, 2.05) is 20.8 Å². The molecule has 5 nitrogen and oxygen atoms in total. The van der Waals surface area contributed by atoms with Crippen LogP contribution < -0.4 is 10.8 Å². The van der Waals surface area contributed by atoms with E-state index in [0.717, 1.165) is 23.0 Å². The van der Waals surface area contributed by atoms with Gasteiger partial charge in [-0.1, -0.05) is 23.8 Å². The summed E-state index contributed by atoms with van der Waals surface area (Å²) in [6.45, 7) is 16.4. The Labute approximate surface area is 157 Å². The highest BCUT2D eigenvalue weighted by Crippen LogP contribution is 2.36. The van der Waals surface area contributed by atoms with Gasteiger partial charge in [0.2, 0.25) is 0 Å². The Hall–Kier alpha value is -1.53. The molecule has 1 saturated heterocycles. The second kappa shape index (κ2) is 7.24. The molecule has 6 heteroatoms. The van der Waals surface area contributed by atoms with Crippen molar-refractivity contribution in [1.82, 2.24) is 5.32 Å². The van der Waals surface area contributed by atoms with Gasteiger partial charge in [-0.15, -0.1) is 0 Å². The summed E-state index contributed by atoms with van der Waals surface area (Å²) in [5, 5.41) is 2.79. The average Bonchev–Trinajstić information content (AvgIpc) is 2.65. The first-order valence-corrected chi connectivity index (χ1v) is 9.23. The minimum atomic E-state index is -0.481. The van der Waals surface area contributed by atoms with Crippen LogP contribution in [0.1, 0.15) is 59.6 Å². The number of nitrogens with one attached hydrogen (secondary N) is 1. The lowest BCUT2D eigenvalue weighted by atomic mass is 9.75. The maximum Gasteiger partial charge on any atom is 0.495 e. The van der Waals surface area contributed by atoms with Crippen molar-refractivity contribution in [1.29, 1.82) is 0 Å². The standard InChI is InChI=1S/C20H32BNO4/c1-14-13-15(11-12-22-17(23)24-18(2,3)4)9-10-16(14)21-25-19(5,6)20(7,8)26-21/h9-10,13H,11-12H2,1-8H3,(H,22,23). The summed E-state index contributed by atoms with van der Waals surface area (Å²) < 4.78 is 17.5. The lowest BCUT2D eigenvalue weighted by Crippen LogP contribution is -2.41. The van der Waals surface area contributed by atoms with E-state index in [1.165, 1.54) is 0 Å². The predicted octanol–water partition coefficient (Wildman–Crippen LogP) is 3.36. The van der Waals surface area contributed by atoms with Gasteiger partial charge in [-0.05, 0) is 72.8 Å². The van der Waals surface area contributed by atoms with Crippen LogP contribution in [0.25, 0.3) is 0 Å².